The van der Waals surface area contributed by atoms with Gasteiger partial charge in [-0.05, 0) is 26.4 Å². The SMILES string of the molecule is CCCn1c(C)cc(=O)c(O)c1CN(CC)CC. The zero-order valence-corrected chi connectivity index (χ0v) is 11.9. The summed E-state index contributed by atoms with van der Waals surface area (Å²) in [5, 5.41) is 10.0. The number of hydrogen-bond acceptors (Lipinski definition) is 3. The Balaban J connectivity index is 3.24. The van der Waals surface area contributed by atoms with E-state index in [2.05, 4.69) is 30.2 Å². The van der Waals surface area contributed by atoms with Gasteiger partial charge in [-0.2, -0.15) is 0 Å². The maximum atomic E-state index is 11.7. The summed E-state index contributed by atoms with van der Waals surface area (Å²) in [5.74, 6) is -0.0963. The average Bonchev–Trinajstić information content (AvgIpc) is 2.36. The molecule has 0 radical (unpaired) electrons. The predicted octanol–water partition coefficient (Wildman–Crippen LogP) is 2.11. The first-order valence-electron chi connectivity index (χ1n) is 6.69. The molecule has 1 N–H and O–H groups in total. The molecule has 0 spiro atoms. The van der Waals surface area contributed by atoms with Gasteiger partial charge in [-0.3, -0.25) is 9.69 Å². The fourth-order valence-electron chi connectivity index (χ4n) is 2.17. The number of nitrogens with zero attached hydrogens (tertiary/aromatic N) is 2. The highest BCUT2D eigenvalue weighted by atomic mass is 16.3. The van der Waals surface area contributed by atoms with Crippen LogP contribution in [-0.2, 0) is 13.1 Å². The summed E-state index contributed by atoms with van der Waals surface area (Å²) in [4.78, 5) is 13.9. The second-order valence-corrected chi connectivity index (χ2v) is 4.56. The molecule has 1 aromatic heterocycles. The third kappa shape index (κ3) is 3.13. The van der Waals surface area contributed by atoms with Crippen molar-refractivity contribution >= 4 is 0 Å². The van der Waals surface area contributed by atoms with Crippen molar-refractivity contribution in [2.24, 2.45) is 0 Å². The molecule has 0 aromatic carbocycles. The molecule has 4 heteroatoms. The first kappa shape index (κ1) is 14.8. The van der Waals surface area contributed by atoms with E-state index in [4.69, 9.17) is 0 Å². The van der Waals surface area contributed by atoms with E-state index in [9.17, 15) is 9.90 Å². The lowest BCUT2D eigenvalue weighted by Gasteiger charge is -2.23. The molecule has 0 atom stereocenters. The van der Waals surface area contributed by atoms with Gasteiger partial charge in [0.15, 0.2) is 5.75 Å². The van der Waals surface area contributed by atoms with Crippen molar-refractivity contribution in [3.8, 4) is 5.75 Å². The minimum atomic E-state index is -0.276. The van der Waals surface area contributed by atoms with E-state index in [1.807, 2.05) is 6.92 Å². The van der Waals surface area contributed by atoms with Crippen LogP contribution in [0.15, 0.2) is 10.9 Å². The molecular weight excluding hydrogens is 228 g/mol. The lowest BCUT2D eigenvalue weighted by Crippen LogP contribution is -2.27. The lowest BCUT2D eigenvalue weighted by molar-refractivity contribution is 0.278. The fourth-order valence-corrected chi connectivity index (χ4v) is 2.17. The highest BCUT2D eigenvalue weighted by Crippen LogP contribution is 2.17. The maximum Gasteiger partial charge on any atom is 0.223 e. The van der Waals surface area contributed by atoms with Crippen LogP contribution < -0.4 is 5.43 Å². The quantitative estimate of drug-likeness (QED) is 0.843. The molecule has 0 unspecified atom stereocenters. The topological polar surface area (TPSA) is 45.5 Å². The summed E-state index contributed by atoms with van der Waals surface area (Å²) in [7, 11) is 0. The van der Waals surface area contributed by atoms with E-state index < -0.39 is 0 Å². The van der Waals surface area contributed by atoms with Gasteiger partial charge in [-0.1, -0.05) is 20.8 Å². The third-order valence-corrected chi connectivity index (χ3v) is 3.31. The number of aromatic nitrogens is 1. The van der Waals surface area contributed by atoms with Crippen molar-refractivity contribution in [3.05, 3.63) is 27.7 Å². The van der Waals surface area contributed by atoms with Gasteiger partial charge >= 0.3 is 0 Å². The van der Waals surface area contributed by atoms with Gasteiger partial charge in [0.1, 0.15) is 0 Å². The van der Waals surface area contributed by atoms with E-state index in [-0.39, 0.29) is 11.2 Å². The molecule has 0 bridgehead atoms. The zero-order valence-electron chi connectivity index (χ0n) is 11.9. The Labute approximate surface area is 109 Å². The van der Waals surface area contributed by atoms with E-state index in [1.165, 1.54) is 6.07 Å². The second kappa shape index (κ2) is 6.59. The van der Waals surface area contributed by atoms with Crippen molar-refractivity contribution in [2.75, 3.05) is 13.1 Å². The van der Waals surface area contributed by atoms with Crippen LogP contribution in [0.2, 0.25) is 0 Å². The van der Waals surface area contributed by atoms with Crippen LogP contribution in [0, 0.1) is 6.92 Å². The van der Waals surface area contributed by atoms with Crippen LogP contribution in [0.25, 0.3) is 0 Å². The van der Waals surface area contributed by atoms with Crippen LogP contribution in [0.3, 0.4) is 0 Å². The fraction of sp³-hybridized carbons (Fsp3) is 0.643. The van der Waals surface area contributed by atoms with Gasteiger partial charge in [0.25, 0.3) is 0 Å². The lowest BCUT2D eigenvalue weighted by atomic mass is 10.2. The standard InChI is InChI=1S/C14H24N2O2/c1-5-8-16-11(4)9-13(17)14(18)12(16)10-15(6-2)7-3/h9,18H,5-8,10H2,1-4H3. The van der Waals surface area contributed by atoms with Crippen molar-refractivity contribution in [1.82, 2.24) is 9.47 Å². The summed E-state index contributed by atoms with van der Waals surface area (Å²) in [6, 6.07) is 1.51. The molecule has 0 fully saturated rings. The van der Waals surface area contributed by atoms with Crippen LogP contribution in [0.1, 0.15) is 38.6 Å². The molecule has 1 heterocycles. The molecule has 1 rings (SSSR count). The normalized spacial score (nSPS) is 11.2. The molecule has 102 valence electrons. The van der Waals surface area contributed by atoms with E-state index in [0.717, 1.165) is 37.4 Å². The van der Waals surface area contributed by atoms with Crippen LogP contribution in [-0.4, -0.2) is 27.7 Å². The molecule has 0 aliphatic carbocycles. The average molecular weight is 252 g/mol. The van der Waals surface area contributed by atoms with Gasteiger partial charge < -0.3 is 9.67 Å². The predicted molar refractivity (Wildman–Crippen MR) is 74.0 cm³/mol. The van der Waals surface area contributed by atoms with Crippen molar-refractivity contribution in [1.29, 1.82) is 0 Å². The molecular formula is C14H24N2O2. The Kier molecular flexibility index (Phi) is 5.41. The molecule has 18 heavy (non-hydrogen) atoms. The largest absolute Gasteiger partial charge is 0.503 e. The van der Waals surface area contributed by atoms with Crippen LogP contribution in [0.4, 0.5) is 0 Å². The summed E-state index contributed by atoms with van der Waals surface area (Å²) >= 11 is 0. The van der Waals surface area contributed by atoms with Gasteiger partial charge in [0.05, 0.1) is 5.69 Å². The molecule has 4 nitrogen and oxygen atoms in total. The highest BCUT2D eigenvalue weighted by molar-refractivity contribution is 5.29. The van der Waals surface area contributed by atoms with Crippen molar-refractivity contribution in [2.45, 2.75) is 47.2 Å². The number of aryl methyl sites for hydroxylation is 1. The molecule has 0 saturated heterocycles. The number of pyridine rings is 1. The monoisotopic (exact) mass is 252 g/mol. The van der Waals surface area contributed by atoms with E-state index >= 15 is 0 Å². The molecule has 0 amide bonds. The Morgan fingerprint density at radius 2 is 1.89 bits per heavy atom. The molecule has 0 aliphatic rings. The van der Waals surface area contributed by atoms with Gasteiger partial charge in [-0.15, -0.1) is 0 Å². The highest BCUT2D eigenvalue weighted by Gasteiger charge is 2.14. The first-order valence-corrected chi connectivity index (χ1v) is 6.69. The summed E-state index contributed by atoms with van der Waals surface area (Å²) in [6.07, 6.45) is 0.981. The zero-order chi connectivity index (χ0) is 13.7. The Bertz CT molecular complexity index is 448. The summed E-state index contributed by atoms with van der Waals surface area (Å²) in [5.41, 5.74) is 1.38. The Morgan fingerprint density at radius 3 is 2.39 bits per heavy atom. The van der Waals surface area contributed by atoms with E-state index in [1.54, 1.807) is 0 Å². The van der Waals surface area contributed by atoms with E-state index in [0.29, 0.717) is 6.54 Å². The van der Waals surface area contributed by atoms with Crippen molar-refractivity contribution < 1.29 is 5.11 Å². The number of hydrogen-bond donors (Lipinski definition) is 1. The number of rotatable bonds is 6. The van der Waals surface area contributed by atoms with Gasteiger partial charge in [-0.25, -0.2) is 0 Å². The van der Waals surface area contributed by atoms with Gasteiger partial charge in [0.2, 0.25) is 5.43 Å². The van der Waals surface area contributed by atoms with Gasteiger partial charge in [0, 0.05) is 24.8 Å². The second-order valence-electron chi connectivity index (χ2n) is 4.56. The summed E-state index contributed by atoms with van der Waals surface area (Å²) in [6.45, 7) is 11.4. The smallest absolute Gasteiger partial charge is 0.223 e. The summed E-state index contributed by atoms with van der Waals surface area (Å²) < 4.78 is 2.05. The van der Waals surface area contributed by atoms with Crippen molar-refractivity contribution in [3.63, 3.8) is 0 Å². The van der Waals surface area contributed by atoms with Crippen LogP contribution in [0.5, 0.6) is 5.75 Å². The molecule has 0 aliphatic heterocycles. The molecule has 1 aromatic rings. The number of aromatic hydroxyl groups is 1. The Morgan fingerprint density at radius 1 is 1.28 bits per heavy atom. The van der Waals surface area contributed by atoms with Crippen LogP contribution >= 0.6 is 0 Å². The maximum absolute atomic E-state index is 11.7. The third-order valence-electron chi connectivity index (χ3n) is 3.31. The first-order chi connectivity index (χ1) is 8.54. The minimum Gasteiger partial charge on any atom is -0.503 e. The minimum absolute atomic E-state index is 0.0963. The molecule has 0 saturated carbocycles. The Hall–Kier alpha value is -1.29.